The van der Waals surface area contributed by atoms with Gasteiger partial charge in [-0.25, -0.2) is 13.4 Å². The first-order valence-electron chi connectivity index (χ1n) is 6.02. The largest absolute Gasteiger partial charge is 0.384 e. The summed E-state index contributed by atoms with van der Waals surface area (Å²) in [6, 6.07) is 8.48. The lowest BCUT2D eigenvalue weighted by Crippen LogP contribution is -2.04. The molecule has 0 aliphatic carbocycles. The van der Waals surface area contributed by atoms with E-state index in [1.165, 1.54) is 6.26 Å². The molecule has 106 valence electrons. The van der Waals surface area contributed by atoms with Crippen molar-refractivity contribution in [1.29, 1.82) is 0 Å². The van der Waals surface area contributed by atoms with E-state index in [4.69, 9.17) is 11.5 Å². The first kappa shape index (κ1) is 14.3. The number of benzene rings is 1. The van der Waals surface area contributed by atoms with Gasteiger partial charge in [0.05, 0.1) is 4.90 Å². The van der Waals surface area contributed by atoms with E-state index in [2.05, 4.69) is 9.97 Å². The van der Waals surface area contributed by atoms with Gasteiger partial charge in [0.1, 0.15) is 5.82 Å². The summed E-state index contributed by atoms with van der Waals surface area (Å²) in [5.41, 5.74) is 12.9. The van der Waals surface area contributed by atoms with Gasteiger partial charge in [0, 0.05) is 18.0 Å². The summed E-state index contributed by atoms with van der Waals surface area (Å²) in [6.07, 6.45) is 2.57. The molecule has 7 heteroatoms. The predicted molar refractivity (Wildman–Crippen MR) is 77.8 cm³/mol. The SMILES string of the molecule is CS(=O)(=O)c1ccc(CCc2cc(N)nc(N)n2)cc1. The van der Waals surface area contributed by atoms with Gasteiger partial charge in [-0.1, -0.05) is 12.1 Å². The predicted octanol–water partition coefficient (Wildman–Crippen LogP) is 0.830. The summed E-state index contributed by atoms with van der Waals surface area (Å²) < 4.78 is 22.7. The number of nitrogen functional groups attached to an aromatic ring is 2. The van der Waals surface area contributed by atoms with Crippen LogP contribution in [0.25, 0.3) is 0 Å². The molecule has 1 aromatic heterocycles. The molecule has 20 heavy (non-hydrogen) atoms. The number of aromatic nitrogens is 2. The fraction of sp³-hybridized carbons (Fsp3) is 0.231. The van der Waals surface area contributed by atoms with Gasteiger partial charge in [0.25, 0.3) is 0 Å². The molecule has 0 aliphatic heterocycles. The molecule has 6 nitrogen and oxygen atoms in total. The quantitative estimate of drug-likeness (QED) is 0.863. The van der Waals surface area contributed by atoms with Crippen LogP contribution in [-0.2, 0) is 22.7 Å². The van der Waals surface area contributed by atoms with Crippen LogP contribution in [0.1, 0.15) is 11.3 Å². The second-order valence-corrected chi connectivity index (χ2v) is 6.57. The van der Waals surface area contributed by atoms with E-state index in [0.717, 1.165) is 17.7 Å². The second kappa shape index (κ2) is 5.46. The smallest absolute Gasteiger partial charge is 0.222 e. The minimum Gasteiger partial charge on any atom is -0.384 e. The Hall–Kier alpha value is -2.15. The summed E-state index contributed by atoms with van der Waals surface area (Å²) in [5, 5.41) is 0. The molecule has 0 saturated carbocycles. The normalized spacial score (nSPS) is 11.4. The van der Waals surface area contributed by atoms with Crippen LogP contribution in [0, 0.1) is 0 Å². The van der Waals surface area contributed by atoms with Crippen molar-refractivity contribution >= 4 is 21.6 Å². The number of hydrogen-bond donors (Lipinski definition) is 2. The Bertz CT molecular complexity index is 691. The van der Waals surface area contributed by atoms with Crippen molar-refractivity contribution in [3.05, 3.63) is 41.6 Å². The Morgan fingerprint density at radius 3 is 2.25 bits per heavy atom. The third-order valence-electron chi connectivity index (χ3n) is 2.84. The highest BCUT2D eigenvalue weighted by Crippen LogP contribution is 2.13. The number of anilines is 2. The first-order chi connectivity index (χ1) is 9.34. The number of nitrogens with zero attached hydrogens (tertiary/aromatic N) is 2. The van der Waals surface area contributed by atoms with Crippen molar-refractivity contribution < 1.29 is 8.42 Å². The van der Waals surface area contributed by atoms with E-state index >= 15 is 0 Å². The third-order valence-corrected chi connectivity index (χ3v) is 3.97. The minimum atomic E-state index is -3.15. The van der Waals surface area contributed by atoms with Gasteiger partial charge in [-0.05, 0) is 30.5 Å². The zero-order chi connectivity index (χ0) is 14.8. The molecule has 2 aromatic rings. The van der Waals surface area contributed by atoms with Crippen molar-refractivity contribution in [3.8, 4) is 0 Å². The van der Waals surface area contributed by atoms with Gasteiger partial charge in [-0.3, -0.25) is 0 Å². The lowest BCUT2D eigenvalue weighted by molar-refractivity contribution is 0.602. The molecule has 0 atom stereocenters. The molecule has 0 amide bonds. The van der Waals surface area contributed by atoms with Crippen LogP contribution in [0.4, 0.5) is 11.8 Å². The van der Waals surface area contributed by atoms with Crippen molar-refractivity contribution in [3.63, 3.8) is 0 Å². The summed E-state index contributed by atoms with van der Waals surface area (Å²) in [6.45, 7) is 0. The van der Waals surface area contributed by atoms with Crippen LogP contribution in [0.5, 0.6) is 0 Å². The average molecular weight is 292 g/mol. The van der Waals surface area contributed by atoms with Gasteiger partial charge >= 0.3 is 0 Å². The van der Waals surface area contributed by atoms with E-state index in [1.807, 2.05) is 0 Å². The Balaban J connectivity index is 2.07. The van der Waals surface area contributed by atoms with E-state index in [9.17, 15) is 8.42 Å². The van der Waals surface area contributed by atoms with Crippen molar-refractivity contribution in [1.82, 2.24) is 9.97 Å². The van der Waals surface area contributed by atoms with Crippen LogP contribution in [0.15, 0.2) is 35.2 Å². The fourth-order valence-electron chi connectivity index (χ4n) is 1.84. The molecule has 1 aromatic carbocycles. The van der Waals surface area contributed by atoms with Crippen molar-refractivity contribution in [2.24, 2.45) is 0 Å². The number of hydrogen-bond acceptors (Lipinski definition) is 6. The topological polar surface area (TPSA) is 112 Å². The molecule has 0 radical (unpaired) electrons. The molecule has 2 rings (SSSR count). The maximum absolute atomic E-state index is 11.4. The minimum absolute atomic E-state index is 0.160. The Labute approximate surface area is 117 Å². The van der Waals surface area contributed by atoms with Crippen molar-refractivity contribution in [2.75, 3.05) is 17.7 Å². The highest BCUT2D eigenvalue weighted by Gasteiger charge is 2.06. The molecule has 0 bridgehead atoms. The lowest BCUT2D eigenvalue weighted by Gasteiger charge is -2.04. The molecule has 4 N–H and O–H groups in total. The van der Waals surface area contributed by atoms with Gasteiger partial charge in [0.15, 0.2) is 9.84 Å². The summed E-state index contributed by atoms with van der Waals surface area (Å²) in [5.74, 6) is 0.507. The molecule has 0 spiro atoms. The molecular formula is C13H16N4O2S. The van der Waals surface area contributed by atoms with Crippen LogP contribution in [-0.4, -0.2) is 24.6 Å². The van der Waals surface area contributed by atoms with Crippen LogP contribution in [0.2, 0.25) is 0 Å². The van der Waals surface area contributed by atoms with Gasteiger partial charge in [-0.15, -0.1) is 0 Å². The summed E-state index contributed by atoms with van der Waals surface area (Å²) in [7, 11) is -3.15. The van der Waals surface area contributed by atoms with Gasteiger partial charge < -0.3 is 11.5 Å². The molecule has 0 aliphatic rings. The fourth-order valence-corrected chi connectivity index (χ4v) is 2.47. The number of sulfone groups is 1. The monoisotopic (exact) mass is 292 g/mol. The molecule has 1 heterocycles. The van der Waals surface area contributed by atoms with Gasteiger partial charge in [0.2, 0.25) is 5.95 Å². The van der Waals surface area contributed by atoms with Crippen LogP contribution < -0.4 is 11.5 Å². The zero-order valence-electron chi connectivity index (χ0n) is 11.1. The zero-order valence-corrected chi connectivity index (χ0v) is 11.9. The Morgan fingerprint density at radius 2 is 1.70 bits per heavy atom. The second-order valence-electron chi connectivity index (χ2n) is 4.56. The Morgan fingerprint density at radius 1 is 1.05 bits per heavy atom. The first-order valence-corrected chi connectivity index (χ1v) is 7.91. The molecular weight excluding hydrogens is 276 g/mol. The number of nitrogens with two attached hydrogens (primary N) is 2. The lowest BCUT2D eigenvalue weighted by atomic mass is 10.1. The maximum atomic E-state index is 11.4. The van der Waals surface area contributed by atoms with E-state index in [1.54, 1.807) is 30.3 Å². The van der Waals surface area contributed by atoms with Crippen molar-refractivity contribution in [2.45, 2.75) is 17.7 Å². The van der Waals surface area contributed by atoms with Crippen LogP contribution in [0.3, 0.4) is 0 Å². The summed E-state index contributed by atoms with van der Waals surface area (Å²) in [4.78, 5) is 8.22. The molecule has 0 saturated heterocycles. The summed E-state index contributed by atoms with van der Waals surface area (Å²) >= 11 is 0. The third kappa shape index (κ3) is 3.67. The van der Waals surface area contributed by atoms with E-state index in [-0.39, 0.29) is 5.95 Å². The standard InChI is InChI=1S/C13H16N4O2S/c1-20(18,19)11-6-3-9(4-7-11)2-5-10-8-12(14)17-13(15)16-10/h3-4,6-8H,2,5H2,1H3,(H4,14,15,16,17). The maximum Gasteiger partial charge on any atom is 0.222 e. The molecule has 0 unspecified atom stereocenters. The van der Waals surface area contributed by atoms with Crippen LogP contribution >= 0.6 is 0 Å². The number of aryl methyl sites for hydroxylation is 2. The van der Waals surface area contributed by atoms with E-state index < -0.39 is 9.84 Å². The van der Waals surface area contributed by atoms with E-state index in [0.29, 0.717) is 17.1 Å². The Kier molecular flexibility index (Phi) is 3.89. The highest BCUT2D eigenvalue weighted by molar-refractivity contribution is 7.90. The van der Waals surface area contributed by atoms with Gasteiger partial charge in [-0.2, -0.15) is 4.98 Å². The highest BCUT2D eigenvalue weighted by atomic mass is 32.2. The molecule has 0 fully saturated rings. The average Bonchev–Trinajstić information content (AvgIpc) is 2.35. The number of rotatable bonds is 4.